The first-order valence-electron chi connectivity index (χ1n) is 10.5. The number of unbranched alkanes of at least 4 members (excludes halogenated alkanes) is 9. The van der Waals surface area contributed by atoms with Crippen LogP contribution >= 0.6 is 0 Å². The molecule has 0 aromatic heterocycles. The Balaban J connectivity index is 2.19. The molecule has 0 heterocycles. The van der Waals surface area contributed by atoms with Crippen molar-refractivity contribution in [2.24, 2.45) is 5.41 Å². The van der Waals surface area contributed by atoms with Crippen LogP contribution in [0.5, 0.6) is 0 Å². The fourth-order valence-electron chi connectivity index (χ4n) is 3.80. The van der Waals surface area contributed by atoms with Gasteiger partial charge < -0.3 is 0 Å². The van der Waals surface area contributed by atoms with E-state index in [0.717, 1.165) is 12.8 Å². The first kappa shape index (κ1) is 21.9. The summed E-state index contributed by atoms with van der Waals surface area (Å²) in [5, 5.41) is 0. The minimum Gasteiger partial charge on any atom is -0.299 e. The van der Waals surface area contributed by atoms with Crippen molar-refractivity contribution in [2.45, 2.75) is 103 Å². The van der Waals surface area contributed by atoms with E-state index in [0.29, 0.717) is 25.7 Å². The molecule has 1 aliphatic carbocycles. The molecule has 2 heteroatoms. The summed E-state index contributed by atoms with van der Waals surface area (Å²) in [4.78, 5) is 24.7. The summed E-state index contributed by atoms with van der Waals surface area (Å²) in [5.41, 5.74) is -0.797. The van der Waals surface area contributed by atoms with Crippen molar-refractivity contribution in [2.75, 3.05) is 0 Å². The molecule has 142 valence electrons. The summed E-state index contributed by atoms with van der Waals surface area (Å²) in [6, 6.07) is 0. The average Bonchev–Trinajstić information content (AvgIpc) is 2.60. The van der Waals surface area contributed by atoms with Gasteiger partial charge in [-0.1, -0.05) is 76.5 Å². The zero-order valence-corrected chi connectivity index (χ0v) is 16.4. The van der Waals surface area contributed by atoms with Gasteiger partial charge in [-0.15, -0.1) is 6.58 Å². The van der Waals surface area contributed by atoms with E-state index in [9.17, 15) is 9.59 Å². The molecule has 1 aliphatic rings. The summed E-state index contributed by atoms with van der Waals surface area (Å²) in [7, 11) is 0. The van der Waals surface area contributed by atoms with Crippen LogP contribution in [0.1, 0.15) is 103 Å². The Morgan fingerprint density at radius 3 is 1.96 bits per heavy atom. The highest BCUT2D eigenvalue weighted by Gasteiger charge is 2.44. The van der Waals surface area contributed by atoms with Crippen LogP contribution < -0.4 is 0 Å². The predicted molar refractivity (Wildman–Crippen MR) is 107 cm³/mol. The normalized spacial score (nSPS) is 17.3. The zero-order valence-electron chi connectivity index (χ0n) is 16.4. The number of carbonyl (C=O) groups excluding carboxylic acids is 2. The van der Waals surface area contributed by atoms with Gasteiger partial charge in [0.2, 0.25) is 0 Å². The van der Waals surface area contributed by atoms with Crippen LogP contribution in [0.4, 0.5) is 0 Å². The van der Waals surface area contributed by atoms with Crippen molar-refractivity contribution in [3.8, 4) is 0 Å². The zero-order chi connectivity index (χ0) is 18.4. The van der Waals surface area contributed by atoms with Crippen LogP contribution in [0.3, 0.4) is 0 Å². The molecule has 0 spiro atoms. The molecule has 0 N–H and O–H groups in total. The first-order valence-corrected chi connectivity index (χ1v) is 10.5. The van der Waals surface area contributed by atoms with Crippen LogP contribution in [-0.2, 0) is 9.59 Å². The molecule has 0 amide bonds. The van der Waals surface area contributed by atoms with Gasteiger partial charge in [-0.3, -0.25) is 9.59 Å². The van der Waals surface area contributed by atoms with Crippen LogP contribution in [0.15, 0.2) is 24.8 Å². The Hall–Kier alpha value is -1.18. The van der Waals surface area contributed by atoms with Gasteiger partial charge in [0.05, 0.1) is 5.41 Å². The lowest BCUT2D eigenvalue weighted by atomic mass is 9.67. The monoisotopic (exact) mass is 346 g/mol. The molecule has 0 bridgehead atoms. The fourth-order valence-corrected chi connectivity index (χ4v) is 3.80. The molecule has 0 aliphatic heterocycles. The lowest BCUT2D eigenvalue weighted by Crippen LogP contribution is -2.41. The van der Waals surface area contributed by atoms with Gasteiger partial charge in [0, 0.05) is 12.8 Å². The molecule has 0 aromatic rings. The largest absolute Gasteiger partial charge is 0.299 e. The van der Waals surface area contributed by atoms with E-state index < -0.39 is 5.41 Å². The standard InChI is InChI=1S/C23H38O2/c1-3-5-6-7-8-9-10-11-12-13-14-15-20-23(19-4-2)21(24)17-16-18-22(23)25/h4,14-15H,2-3,5-13,16-20H2,1H3. The van der Waals surface area contributed by atoms with Crippen molar-refractivity contribution >= 4 is 11.6 Å². The van der Waals surface area contributed by atoms with Crippen molar-refractivity contribution in [1.82, 2.24) is 0 Å². The second-order valence-electron chi connectivity index (χ2n) is 7.57. The number of ketones is 2. The van der Waals surface area contributed by atoms with Crippen LogP contribution in [0.2, 0.25) is 0 Å². The smallest absolute Gasteiger partial charge is 0.147 e. The number of allylic oxidation sites excluding steroid dienone is 3. The molecule has 0 aromatic carbocycles. The van der Waals surface area contributed by atoms with Crippen molar-refractivity contribution in [3.05, 3.63) is 24.8 Å². The molecule has 0 radical (unpaired) electrons. The minimum atomic E-state index is -0.797. The third-order valence-electron chi connectivity index (χ3n) is 5.48. The lowest BCUT2D eigenvalue weighted by molar-refractivity contribution is -0.143. The van der Waals surface area contributed by atoms with E-state index in [1.165, 1.54) is 57.8 Å². The number of hydrogen-bond acceptors (Lipinski definition) is 2. The van der Waals surface area contributed by atoms with E-state index in [-0.39, 0.29) is 11.6 Å². The third-order valence-corrected chi connectivity index (χ3v) is 5.48. The topological polar surface area (TPSA) is 34.1 Å². The second kappa shape index (κ2) is 13.1. The van der Waals surface area contributed by atoms with Gasteiger partial charge >= 0.3 is 0 Å². The molecule has 25 heavy (non-hydrogen) atoms. The van der Waals surface area contributed by atoms with Gasteiger partial charge in [-0.05, 0) is 32.1 Å². The van der Waals surface area contributed by atoms with E-state index in [1.807, 2.05) is 0 Å². The Morgan fingerprint density at radius 1 is 0.840 bits per heavy atom. The first-order chi connectivity index (χ1) is 12.2. The molecule has 1 fully saturated rings. The maximum Gasteiger partial charge on any atom is 0.147 e. The Kier molecular flexibility index (Phi) is 11.4. The quantitative estimate of drug-likeness (QED) is 0.198. The highest BCUT2D eigenvalue weighted by Crippen LogP contribution is 2.37. The highest BCUT2D eigenvalue weighted by molar-refractivity contribution is 6.09. The number of carbonyl (C=O) groups is 2. The maximum absolute atomic E-state index is 12.3. The molecule has 1 saturated carbocycles. The molecular formula is C23H38O2. The number of hydrogen-bond donors (Lipinski definition) is 0. The van der Waals surface area contributed by atoms with Gasteiger partial charge in [0.15, 0.2) is 0 Å². The van der Waals surface area contributed by atoms with E-state index in [4.69, 9.17) is 0 Å². The summed E-state index contributed by atoms with van der Waals surface area (Å²) < 4.78 is 0. The van der Waals surface area contributed by atoms with Crippen molar-refractivity contribution in [3.63, 3.8) is 0 Å². The van der Waals surface area contributed by atoms with Gasteiger partial charge in [-0.2, -0.15) is 0 Å². The molecule has 2 nitrogen and oxygen atoms in total. The number of Topliss-reactive ketones (excluding diaryl/α,β-unsaturated/α-hetero) is 2. The van der Waals surface area contributed by atoms with E-state index in [2.05, 4.69) is 25.7 Å². The Morgan fingerprint density at radius 2 is 1.40 bits per heavy atom. The summed E-state index contributed by atoms with van der Waals surface area (Å²) in [5.74, 6) is 0.243. The van der Waals surface area contributed by atoms with Crippen LogP contribution in [0, 0.1) is 5.41 Å². The molecule has 0 saturated heterocycles. The molecule has 1 rings (SSSR count). The van der Waals surface area contributed by atoms with E-state index >= 15 is 0 Å². The van der Waals surface area contributed by atoms with Gasteiger partial charge in [0.1, 0.15) is 11.6 Å². The number of rotatable bonds is 14. The lowest BCUT2D eigenvalue weighted by Gasteiger charge is -2.32. The molecule has 0 unspecified atom stereocenters. The maximum atomic E-state index is 12.3. The fraction of sp³-hybridized carbons (Fsp3) is 0.739. The summed E-state index contributed by atoms with van der Waals surface area (Å²) in [6.07, 6.45) is 21.9. The van der Waals surface area contributed by atoms with Gasteiger partial charge in [0.25, 0.3) is 0 Å². The summed E-state index contributed by atoms with van der Waals surface area (Å²) in [6.45, 7) is 6.01. The Bertz CT molecular complexity index is 417. The van der Waals surface area contributed by atoms with Crippen LogP contribution in [0.25, 0.3) is 0 Å². The second-order valence-corrected chi connectivity index (χ2v) is 7.57. The van der Waals surface area contributed by atoms with Crippen molar-refractivity contribution < 1.29 is 9.59 Å². The van der Waals surface area contributed by atoms with Crippen molar-refractivity contribution in [1.29, 1.82) is 0 Å². The highest BCUT2D eigenvalue weighted by atomic mass is 16.2. The third kappa shape index (κ3) is 7.71. The predicted octanol–water partition coefficient (Wildman–Crippen LogP) is 6.74. The van der Waals surface area contributed by atoms with E-state index in [1.54, 1.807) is 6.08 Å². The minimum absolute atomic E-state index is 0.122. The average molecular weight is 347 g/mol. The Labute approximate surface area is 155 Å². The van der Waals surface area contributed by atoms with Crippen LogP contribution in [-0.4, -0.2) is 11.6 Å². The molecular weight excluding hydrogens is 308 g/mol. The van der Waals surface area contributed by atoms with Gasteiger partial charge in [-0.25, -0.2) is 0 Å². The molecule has 0 atom stereocenters. The summed E-state index contributed by atoms with van der Waals surface area (Å²) >= 11 is 0. The SMILES string of the molecule is C=CCC1(CC=CCCCCCCCCCCC)C(=O)CCCC1=O.